The molecule has 1 saturated carbocycles. The maximum Gasteiger partial charge on any atom is 0.227 e. The smallest absolute Gasteiger partial charge is 0.227 e. The molecule has 0 unspecified atom stereocenters. The highest BCUT2D eigenvalue weighted by atomic mass is 16.5. The van der Waals surface area contributed by atoms with Crippen molar-refractivity contribution in [2.45, 2.75) is 19.8 Å². The minimum Gasteiger partial charge on any atom is -0.492 e. The van der Waals surface area contributed by atoms with Crippen LogP contribution in [0, 0.1) is 11.3 Å². The molecule has 3 N–H and O–H groups in total. The third-order valence-corrected chi connectivity index (χ3v) is 3.75. The molecule has 2 rings (SSSR count). The van der Waals surface area contributed by atoms with Gasteiger partial charge >= 0.3 is 0 Å². The molecule has 4 heteroatoms. The monoisotopic (exact) mass is 262 g/mol. The van der Waals surface area contributed by atoms with E-state index in [0.29, 0.717) is 25.6 Å². The average Bonchev–Trinajstić information content (AvgIpc) is 2.40. The van der Waals surface area contributed by atoms with E-state index in [4.69, 9.17) is 10.5 Å². The van der Waals surface area contributed by atoms with Gasteiger partial charge in [0.15, 0.2) is 0 Å². The maximum atomic E-state index is 12.1. The molecule has 1 aromatic carbocycles. The Labute approximate surface area is 114 Å². The van der Waals surface area contributed by atoms with Crippen LogP contribution in [0.25, 0.3) is 0 Å². The first kappa shape index (κ1) is 13.9. The second-order valence-electron chi connectivity index (χ2n) is 5.42. The number of hydrogen-bond donors (Lipinski definition) is 2. The van der Waals surface area contributed by atoms with Crippen molar-refractivity contribution in [2.24, 2.45) is 17.1 Å². The zero-order valence-corrected chi connectivity index (χ0v) is 11.4. The van der Waals surface area contributed by atoms with Crippen LogP contribution in [-0.4, -0.2) is 25.6 Å². The summed E-state index contributed by atoms with van der Waals surface area (Å²) in [6.07, 6.45) is 1.80. The van der Waals surface area contributed by atoms with Crippen LogP contribution >= 0.6 is 0 Å². The van der Waals surface area contributed by atoms with Crippen LogP contribution in [0.2, 0.25) is 0 Å². The number of carbonyl (C=O) groups is 1. The maximum absolute atomic E-state index is 12.1. The standard InChI is InChI=1S/C15H22N2O2/c1-12-9-15(10-12,11-16)14(18)17-7-8-19-13-5-3-2-4-6-13/h2-6,12H,7-11,16H2,1H3,(H,17,18). The van der Waals surface area contributed by atoms with E-state index in [1.807, 2.05) is 30.3 Å². The lowest BCUT2D eigenvalue weighted by atomic mass is 9.62. The van der Waals surface area contributed by atoms with Crippen LogP contribution in [0.1, 0.15) is 19.8 Å². The molecule has 1 amide bonds. The fourth-order valence-electron chi connectivity index (χ4n) is 2.76. The van der Waals surface area contributed by atoms with Crippen LogP contribution in [0.4, 0.5) is 0 Å². The largest absolute Gasteiger partial charge is 0.492 e. The van der Waals surface area contributed by atoms with E-state index in [0.717, 1.165) is 18.6 Å². The summed E-state index contributed by atoms with van der Waals surface area (Å²) in [5, 5.41) is 2.92. The second-order valence-corrected chi connectivity index (χ2v) is 5.42. The molecule has 1 fully saturated rings. The predicted molar refractivity (Wildman–Crippen MR) is 74.8 cm³/mol. The van der Waals surface area contributed by atoms with Crippen molar-refractivity contribution >= 4 is 5.91 Å². The number of amides is 1. The fraction of sp³-hybridized carbons (Fsp3) is 0.533. The normalized spacial score (nSPS) is 25.5. The van der Waals surface area contributed by atoms with E-state index in [1.54, 1.807) is 0 Å². The molecule has 0 saturated heterocycles. The molecule has 0 spiro atoms. The van der Waals surface area contributed by atoms with E-state index < -0.39 is 0 Å². The lowest BCUT2D eigenvalue weighted by molar-refractivity contribution is -0.138. The van der Waals surface area contributed by atoms with E-state index >= 15 is 0 Å². The Hall–Kier alpha value is -1.55. The third-order valence-electron chi connectivity index (χ3n) is 3.75. The Kier molecular flexibility index (Phi) is 4.43. The van der Waals surface area contributed by atoms with Crippen molar-refractivity contribution < 1.29 is 9.53 Å². The lowest BCUT2D eigenvalue weighted by Gasteiger charge is -2.44. The van der Waals surface area contributed by atoms with Crippen molar-refractivity contribution in [1.82, 2.24) is 5.32 Å². The van der Waals surface area contributed by atoms with Crippen LogP contribution in [0.3, 0.4) is 0 Å². The topological polar surface area (TPSA) is 64.4 Å². The van der Waals surface area contributed by atoms with Gasteiger partial charge in [0, 0.05) is 6.54 Å². The van der Waals surface area contributed by atoms with Gasteiger partial charge in [-0.3, -0.25) is 4.79 Å². The quantitative estimate of drug-likeness (QED) is 0.765. The van der Waals surface area contributed by atoms with E-state index in [-0.39, 0.29) is 11.3 Å². The van der Waals surface area contributed by atoms with Gasteiger partial charge in [-0.2, -0.15) is 0 Å². The van der Waals surface area contributed by atoms with Gasteiger partial charge in [-0.05, 0) is 30.9 Å². The highest BCUT2D eigenvalue weighted by molar-refractivity contribution is 5.83. The van der Waals surface area contributed by atoms with Crippen LogP contribution < -0.4 is 15.8 Å². The van der Waals surface area contributed by atoms with Gasteiger partial charge in [-0.15, -0.1) is 0 Å². The van der Waals surface area contributed by atoms with Gasteiger partial charge in [-0.25, -0.2) is 0 Å². The molecule has 1 aliphatic carbocycles. The van der Waals surface area contributed by atoms with Crippen LogP contribution in [-0.2, 0) is 4.79 Å². The first-order valence-electron chi connectivity index (χ1n) is 6.82. The number of hydrogen-bond acceptors (Lipinski definition) is 3. The van der Waals surface area contributed by atoms with Crippen molar-refractivity contribution in [3.05, 3.63) is 30.3 Å². The Balaban J connectivity index is 1.70. The van der Waals surface area contributed by atoms with Crippen molar-refractivity contribution in [3.8, 4) is 5.75 Å². The summed E-state index contributed by atoms with van der Waals surface area (Å²) < 4.78 is 5.53. The number of para-hydroxylation sites is 1. The van der Waals surface area contributed by atoms with Crippen molar-refractivity contribution in [3.63, 3.8) is 0 Å². The van der Waals surface area contributed by atoms with Gasteiger partial charge in [-0.1, -0.05) is 25.1 Å². The van der Waals surface area contributed by atoms with Crippen molar-refractivity contribution in [1.29, 1.82) is 0 Å². The SMILES string of the molecule is CC1CC(CN)(C(=O)NCCOc2ccccc2)C1. The Morgan fingerprint density at radius 2 is 2.11 bits per heavy atom. The van der Waals surface area contributed by atoms with Gasteiger partial charge < -0.3 is 15.8 Å². The molecule has 4 nitrogen and oxygen atoms in total. The summed E-state index contributed by atoms with van der Waals surface area (Å²) in [5.41, 5.74) is 5.41. The Bertz CT molecular complexity index is 413. The molecule has 0 aromatic heterocycles. The number of carbonyl (C=O) groups excluding carboxylic acids is 1. The highest BCUT2D eigenvalue weighted by Gasteiger charge is 2.46. The Morgan fingerprint density at radius 3 is 2.68 bits per heavy atom. The highest BCUT2D eigenvalue weighted by Crippen LogP contribution is 2.44. The predicted octanol–water partition coefficient (Wildman–Crippen LogP) is 1.56. The van der Waals surface area contributed by atoms with Crippen molar-refractivity contribution in [2.75, 3.05) is 19.7 Å². The third kappa shape index (κ3) is 3.26. The van der Waals surface area contributed by atoms with Gasteiger partial charge in [0.1, 0.15) is 12.4 Å². The minimum atomic E-state index is -0.327. The lowest BCUT2D eigenvalue weighted by Crippen LogP contribution is -2.53. The molecule has 0 atom stereocenters. The number of nitrogens with one attached hydrogen (secondary N) is 1. The van der Waals surface area contributed by atoms with E-state index in [9.17, 15) is 4.79 Å². The van der Waals surface area contributed by atoms with E-state index in [1.165, 1.54) is 0 Å². The first-order valence-corrected chi connectivity index (χ1v) is 6.82. The molecule has 1 aromatic rings. The molecular formula is C15H22N2O2. The zero-order valence-electron chi connectivity index (χ0n) is 11.4. The average molecular weight is 262 g/mol. The van der Waals surface area contributed by atoms with Gasteiger partial charge in [0.05, 0.1) is 12.0 Å². The zero-order chi connectivity index (χ0) is 13.7. The molecule has 19 heavy (non-hydrogen) atoms. The number of benzene rings is 1. The number of ether oxygens (including phenoxy) is 1. The molecule has 0 bridgehead atoms. The summed E-state index contributed by atoms with van der Waals surface area (Å²) in [6.45, 7) is 3.58. The first-order chi connectivity index (χ1) is 9.16. The Morgan fingerprint density at radius 1 is 1.42 bits per heavy atom. The van der Waals surface area contributed by atoms with Crippen LogP contribution in [0.5, 0.6) is 5.75 Å². The van der Waals surface area contributed by atoms with Gasteiger partial charge in [0.25, 0.3) is 0 Å². The molecule has 0 heterocycles. The van der Waals surface area contributed by atoms with E-state index in [2.05, 4.69) is 12.2 Å². The number of rotatable bonds is 6. The molecule has 0 aliphatic heterocycles. The summed E-state index contributed by atoms with van der Waals surface area (Å²) in [7, 11) is 0. The summed E-state index contributed by atoms with van der Waals surface area (Å²) in [4.78, 5) is 12.1. The fourth-order valence-corrected chi connectivity index (χ4v) is 2.76. The number of nitrogens with two attached hydrogens (primary N) is 1. The molecule has 1 aliphatic rings. The second kappa shape index (κ2) is 6.06. The molecular weight excluding hydrogens is 240 g/mol. The minimum absolute atomic E-state index is 0.0739. The summed E-state index contributed by atoms with van der Waals surface area (Å²) in [6, 6.07) is 9.59. The van der Waals surface area contributed by atoms with Gasteiger partial charge in [0.2, 0.25) is 5.91 Å². The van der Waals surface area contributed by atoms with Crippen LogP contribution in [0.15, 0.2) is 30.3 Å². The molecule has 0 radical (unpaired) electrons. The molecule has 104 valence electrons. The summed E-state index contributed by atoms with van der Waals surface area (Å²) in [5.74, 6) is 1.50. The summed E-state index contributed by atoms with van der Waals surface area (Å²) >= 11 is 0.